The van der Waals surface area contributed by atoms with Gasteiger partial charge in [0, 0.05) is 26.3 Å². The Bertz CT molecular complexity index is 707. The van der Waals surface area contributed by atoms with Crippen LogP contribution in [0.2, 0.25) is 0 Å². The maximum absolute atomic E-state index is 12.6. The summed E-state index contributed by atoms with van der Waals surface area (Å²) in [5.41, 5.74) is 7.71. The molecule has 1 amide bonds. The molecule has 2 N–H and O–H groups in total. The molecule has 1 aliphatic rings. The molecule has 0 bridgehead atoms. The Kier molecular flexibility index (Phi) is 6.81. The largest absolute Gasteiger partial charge is 0.320 e. The van der Waals surface area contributed by atoms with Crippen molar-refractivity contribution in [2.24, 2.45) is 11.7 Å². The Balaban J connectivity index is 0.00000288. The molecule has 0 saturated carbocycles. The van der Waals surface area contributed by atoms with Crippen LogP contribution in [0.1, 0.15) is 25.8 Å². The normalized spacial score (nSPS) is 16.5. The number of carbonyl (C=O) groups is 1. The summed E-state index contributed by atoms with van der Waals surface area (Å²) >= 11 is 0. The van der Waals surface area contributed by atoms with Gasteiger partial charge in [0.2, 0.25) is 15.9 Å². The number of hydrogen-bond acceptors (Lipinski definition) is 4. The van der Waals surface area contributed by atoms with Crippen LogP contribution in [-0.2, 0) is 21.2 Å². The maximum Gasteiger partial charge on any atom is 0.244 e. The first kappa shape index (κ1) is 20.9. The second-order valence-electron chi connectivity index (χ2n) is 6.23. The predicted molar refractivity (Wildman–Crippen MR) is 98.1 cm³/mol. The number of carbonyl (C=O) groups excluding carboxylic acids is 1. The number of amides is 1. The molecule has 136 valence electrons. The zero-order valence-electron chi connectivity index (χ0n) is 14.5. The lowest BCUT2D eigenvalue weighted by Gasteiger charge is -2.25. The molecule has 6 nitrogen and oxygen atoms in total. The van der Waals surface area contributed by atoms with Crippen molar-refractivity contribution < 1.29 is 13.2 Å². The van der Waals surface area contributed by atoms with Gasteiger partial charge in [-0.15, -0.1) is 12.4 Å². The quantitative estimate of drug-likeness (QED) is 0.847. The molecule has 0 radical (unpaired) electrons. The van der Waals surface area contributed by atoms with Gasteiger partial charge in [-0.2, -0.15) is 0 Å². The van der Waals surface area contributed by atoms with Crippen molar-refractivity contribution in [3.05, 3.63) is 23.8 Å². The lowest BCUT2D eigenvalue weighted by Crippen LogP contribution is -2.46. The van der Waals surface area contributed by atoms with Crippen molar-refractivity contribution in [3.8, 4) is 0 Å². The molecule has 0 spiro atoms. The molecule has 1 aromatic rings. The topological polar surface area (TPSA) is 83.7 Å². The van der Waals surface area contributed by atoms with Gasteiger partial charge in [0.15, 0.2) is 0 Å². The van der Waals surface area contributed by atoms with Crippen LogP contribution < -0.4 is 10.6 Å². The van der Waals surface area contributed by atoms with E-state index in [-0.39, 0.29) is 29.1 Å². The van der Waals surface area contributed by atoms with Crippen LogP contribution in [-0.4, -0.2) is 45.3 Å². The number of nitrogens with zero attached hydrogens (tertiary/aromatic N) is 2. The highest BCUT2D eigenvalue weighted by atomic mass is 35.5. The molecule has 1 aromatic carbocycles. The highest BCUT2D eigenvalue weighted by molar-refractivity contribution is 7.89. The number of sulfonamides is 1. The highest BCUT2D eigenvalue weighted by Gasteiger charge is 2.31. The molecule has 2 atom stereocenters. The van der Waals surface area contributed by atoms with Gasteiger partial charge in [0.1, 0.15) is 0 Å². The first-order valence-corrected chi connectivity index (χ1v) is 9.26. The van der Waals surface area contributed by atoms with E-state index in [0.29, 0.717) is 12.2 Å². The van der Waals surface area contributed by atoms with Crippen molar-refractivity contribution in [1.82, 2.24) is 4.31 Å². The summed E-state index contributed by atoms with van der Waals surface area (Å²) in [7, 11) is -0.544. The zero-order chi connectivity index (χ0) is 17.4. The van der Waals surface area contributed by atoms with Gasteiger partial charge in [0.25, 0.3) is 0 Å². The van der Waals surface area contributed by atoms with E-state index in [1.165, 1.54) is 18.4 Å². The van der Waals surface area contributed by atoms with Crippen LogP contribution in [0.15, 0.2) is 23.1 Å². The van der Waals surface area contributed by atoms with E-state index in [1.807, 2.05) is 13.8 Å². The van der Waals surface area contributed by atoms with Gasteiger partial charge in [-0.1, -0.05) is 26.3 Å². The Labute approximate surface area is 150 Å². The Morgan fingerprint density at radius 3 is 2.54 bits per heavy atom. The van der Waals surface area contributed by atoms with E-state index in [9.17, 15) is 13.2 Å². The summed E-state index contributed by atoms with van der Waals surface area (Å²) in [6.45, 7) is 4.49. The van der Waals surface area contributed by atoms with Crippen LogP contribution in [0.25, 0.3) is 0 Å². The SMILES string of the molecule is CCC(C)C(N)C(=O)N1CCc2ccc(S(=O)(=O)N(C)C)cc21.Cl. The molecular weight excluding hydrogens is 350 g/mol. The lowest BCUT2D eigenvalue weighted by molar-refractivity contribution is -0.120. The van der Waals surface area contributed by atoms with E-state index < -0.39 is 16.1 Å². The predicted octanol–water partition coefficient (Wildman–Crippen LogP) is 1.62. The van der Waals surface area contributed by atoms with Crippen molar-refractivity contribution in [1.29, 1.82) is 0 Å². The monoisotopic (exact) mass is 375 g/mol. The minimum atomic E-state index is -3.52. The third kappa shape index (κ3) is 3.74. The van der Waals surface area contributed by atoms with E-state index in [2.05, 4.69) is 0 Å². The summed E-state index contributed by atoms with van der Waals surface area (Å²) in [5, 5.41) is 0. The smallest absolute Gasteiger partial charge is 0.244 e. The fraction of sp³-hybridized carbons (Fsp3) is 0.562. The molecule has 1 heterocycles. The Hall–Kier alpha value is -1.15. The van der Waals surface area contributed by atoms with E-state index >= 15 is 0 Å². The Morgan fingerprint density at radius 2 is 2.00 bits per heavy atom. The standard InChI is InChI=1S/C16H25N3O3S.ClH/c1-5-11(2)15(17)16(20)19-9-8-12-6-7-13(10-14(12)19)23(21,22)18(3)4;/h6-7,10-11,15H,5,8-9,17H2,1-4H3;1H. The molecule has 1 aliphatic heterocycles. The molecule has 2 rings (SSSR count). The second kappa shape index (κ2) is 7.82. The third-order valence-corrected chi connectivity index (χ3v) is 6.35. The van der Waals surface area contributed by atoms with Crippen molar-refractivity contribution >= 4 is 34.0 Å². The summed E-state index contributed by atoms with van der Waals surface area (Å²) in [4.78, 5) is 14.5. The molecule has 0 fully saturated rings. The average Bonchev–Trinajstić information content (AvgIpc) is 2.95. The van der Waals surface area contributed by atoms with E-state index in [4.69, 9.17) is 5.73 Å². The molecule has 0 saturated heterocycles. The number of rotatable bonds is 5. The summed E-state index contributed by atoms with van der Waals surface area (Å²) in [6.07, 6.45) is 1.54. The highest BCUT2D eigenvalue weighted by Crippen LogP contribution is 2.32. The van der Waals surface area contributed by atoms with Gasteiger partial charge in [-0.3, -0.25) is 4.79 Å². The van der Waals surface area contributed by atoms with Gasteiger partial charge < -0.3 is 10.6 Å². The molecule has 0 aliphatic carbocycles. The van der Waals surface area contributed by atoms with Crippen molar-refractivity contribution in [2.45, 2.75) is 37.6 Å². The van der Waals surface area contributed by atoms with Crippen LogP contribution in [0.3, 0.4) is 0 Å². The van der Waals surface area contributed by atoms with E-state index in [1.54, 1.807) is 23.1 Å². The lowest BCUT2D eigenvalue weighted by atomic mass is 9.99. The molecule has 8 heteroatoms. The summed E-state index contributed by atoms with van der Waals surface area (Å²) < 4.78 is 25.8. The first-order valence-electron chi connectivity index (χ1n) is 7.82. The molecular formula is C16H26ClN3O3S. The molecule has 24 heavy (non-hydrogen) atoms. The minimum absolute atomic E-state index is 0. The number of benzene rings is 1. The minimum Gasteiger partial charge on any atom is -0.320 e. The van der Waals surface area contributed by atoms with Crippen molar-refractivity contribution in [2.75, 3.05) is 25.5 Å². The van der Waals surface area contributed by atoms with Crippen LogP contribution in [0.4, 0.5) is 5.69 Å². The number of anilines is 1. The van der Waals surface area contributed by atoms with Crippen LogP contribution in [0, 0.1) is 5.92 Å². The number of halogens is 1. The number of nitrogens with two attached hydrogens (primary N) is 1. The number of hydrogen-bond donors (Lipinski definition) is 1. The summed E-state index contributed by atoms with van der Waals surface area (Å²) in [6, 6.07) is 4.39. The van der Waals surface area contributed by atoms with Crippen molar-refractivity contribution in [3.63, 3.8) is 0 Å². The molecule has 0 aromatic heterocycles. The second-order valence-corrected chi connectivity index (χ2v) is 8.38. The van der Waals surface area contributed by atoms with Gasteiger partial charge in [-0.25, -0.2) is 12.7 Å². The third-order valence-electron chi connectivity index (χ3n) is 4.54. The maximum atomic E-state index is 12.6. The van der Waals surface area contributed by atoms with Gasteiger partial charge >= 0.3 is 0 Å². The fourth-order valence-electron chi connectivity index (χ4n) is 2.64. The van der Waals surface area contributed by atoms with E-state index in [0.717, 1.165) is 18.4 Å². The molecule has 2 unspecified atom stereocenters. The fourth-order valence-corrected chi connectivity index (χ4v) is 3.56. The van der Waals surface area contributed by atoms with Crippen LogP contribution in [0.5, 0.6) is 0 Å². The first-order chi connectivity index (χ1) is 10.7. The van der Waals surface area contributed by atoms with Crippen LogP contribution >= 0.6 is 12.4 Å². The zero-order valence-corrected chi connectivity index (χ0v) is 16.2. The van der Waals surface area contributed by atoms with Gasteiger partial charge in [-0.05, 0) is 30.0 Å². The van der Waals surface area contributed by atoms with Gasteiger partial charge in [0.05, 0.1) is 10.9 Å². The number of fused-ring (bicyclic) bond motifs is 1. The average molecular weight is 376 g/mol. The Morgan fingerprint density at radius 1 is 1.38 bits per heavy atom. The summed E-state index contributed by atoms with van der Waals surface area (Å²) in [5.74, 6) is -0.0576.